The quantitative estimate of drug-likeness (QED) is 0.801. The van der Waals surface area contributed by atoms with Crippen molar-refractivity contribution in [1.82, 2.24) is 0 Å². The van der Waals surface area contributed by atoms with E-state index in [2.05, 4.69) is 0 Å². The second-order valence-corrected chi connectivity index (χ2v) is 5.04. The van der Waals surface area contributed by atoms with E-state index in [9.17, 15) is 5.11 Å². The summed E-state index contributed by atoms with van der Waals surface area (Å²) >= 11 is 0. The molecule has 1 aliphatic rings. The number of hydrogen-bond donors (Lipinski definition) is 1. The molecule has 0 saturated carbocycles. The Morgan fingerprint density at radius 2 is 2.11 bits per heavy atom. The van der Waals surface area contributed by atoms with Gasteiger partial charge in [0.05, 0.1) is 32.5 Å². The summed E-state index contributed by atoms with van der Waals surface area (Å²) in [5.41, 5.74) is 2.04. The highest BCUT2D eigenvalue weighted by Crippen LogP contribution is 2.35. The predicted molar refractivity (Wildman–Crippen MR) is 72.5 cm³/mol. The third-order valence-corrected chi connectivity index (χ3v) is 3.31. The van der Waals surface area contributed by atoms with Crippen molar-refractivity contribution in [2.24, 2.45) is 0 Å². The lowest BCUT2D eigenvalue weighted by Gasteiger charge is -2.17. The van der Waals surface area contributed by atoms with Crippen LogP contribution in [0.15, 0.2) is 18.2 Å². The molecule has 0 heterocycles. The summed E-state index contributed by atoms with van der Waals surface area (Å²) in [6.45, 7) is 5.05. The molecule has 0 amide bonds. The summed E-state index contributed by atoms with van der Waals surface area (Å²) in [5, 5.41) is 10.2. The first-order chi connectivity index (χ1) is 9.11. The van der Waals surface area contributed by atoms with E-state index in [0.29, 0.717) is 13.2 Å². The Kier molecular flexibility index (Phi) is 4.80. The van der Waals surface area contributed by atoms with Gasteiger partial charge in [0.2, 0.25) is 0 Å². The van der Waals surface area contributed by atoms with Gasteiger partial charge in [0.1, 0.15) is 11.9 Å². The number of hydrogen-bond acceptors (Lipinski definition) is 4. The molecule has 1 aromatic rings. The fourth-order valence-corrected chi connectivity index (χ4v) is 2.32. The number of benzene rings is 1. The second kappa shape index (κ2) is 6.37. The molecule has 2 rings (SSSR count). The van der Waals surface area contributed by atoms with E-state index >= 15 is 0 Å². The zero-order valence-corrected chi connectivity index (χ0v) is 11.8. The van der Waals surface area contributed by atoms with Crippen molar-refractivity contribution < 1.29 is 19.3 Å². The monoisotopic (exact) mass is 266 g/mol. The van der Waals surface area contributed by atoms with Gasteiger partial charge in [0.15, 0.2) is 0 Å². The molecule has 0 aliphatic heterocycles. The first-order valence-electron chi connectivity index (χ1n) is 6.70. The smallest absolute Gasteiger partial charge is 0.119 e. The van der Waals surface area contributed by atoms with Crippen LogP contribution in [0.1, 0.15) is 31.1 Å². The molecule has 0 bridgehead atoms. The van der Waals surface area contributed by atoms with Crippen molar-refractivity contribution in [3.8, 4) is 5.75 Å². The number of aliphatic hydroxyl groups is 1. The SMILES string of the molecule is COc1ccc2c(c1)C(O)C(OCCOC(C)C)C2. The molecule has 19 heavy (non-hydrogen) atoms. The van der Waals surface area contributed by atoms with Crippen LogP contribution in [0.2, 0.25) is 0 Å². The molecule has 0 aromatic heterocycles. The summed E-state index contributed by atoms with van der Waals surface area (Å²) < 4.78 is 16.3. The Bertz CT molecular complexity index is 417. The second-order valence-electron chi connectivity index (χ2n) is 5.04. The molecule has 106 valence electrons. The lowest BCUT2D eigenvalue weighted by atomic mass is 10.1. The molecule has 0 fully saturated rings. The fourth-order valence-electron chi connectivity index (χ4n) is 2.32. The van der Waals surface area contributed by atoms with E-state index in [-0.39, 0.29) is 12.2 Å². The van der Waals surface area contributed by atoms with Gasteiger partial charge >= 0.3 is 0 Å². The maximum Gasteiger partial charge on any atom is 0.119 e. The zero-order chi connectivity index (χ0) is 13.8. The Hall–Kier alpha value is -1.10. The van der Waals surface area contributed by atoms with Gasteiger partial charge in [-0.05, 0) is 37.1 Å². The largest absolute Gasteiger partial charge is 0.497 e. The van der Waals surface area contributed by atoms with Gasteiger partial charge in [-0.2, -0.15) is 0 Å². The molecule has 0 saturated heterocycles. The van der Waals surface area contributed by atoms with Crippen molar-refractivity contribution in [3.63, 3.8) is 0 Å². The molecule has 1 N–H and O–H groups in total. The Labute approximate surface area is 114 Å². The van der Waals surface area contributed by atoms with Gasteiger partial charge < -0.3 is 19.3 Å². The summed E-state index contributed by atoms with van der Waals surface area (Å²) in [7, 11) is 1.63. The molecule has 4 nitrogen and oxygen atoms in total. The fraction of sp³-hybridized carbons (Fsp3) is 0.600. The zero-order valence-electron chi connectivity index (χ0n) is 11.8. The lowest BCUT2D eigenvalue weighted by Crippen LogP contribution is -2.21. The van der Waals surface area contributed by atoms with Crippen LogP contribution >= 0.6 is 0 Å². The van der Waals surface area contributed by atoms with E-state index in [1.54, 1.807) is 7.11 Å². The minimum atomic E-state index is -0.579. The Morgan fingerprint density at radius 1 is 1.32 bits per heavy atom. The number of fused-ring (bicyclic) bond motifs is 1. The van der Waals surface area contributed by atoms with Crippen molar-refractivity contribution in [1.29, 1.82) is 0 Å². The summed E-state index contributed by atoms with van der Waals surface area (Å²) in [5.74, 6) is 0.765. The molecular formula is C15H22O4. The number of ether oxygens (including phenoxy) is 3. The average Bonchev–Trinajstić information content (AvgIpc) is 2.71. The van der Waals surface area contributed by atoms with Gasteiger partial charge in [-0.15, -0.1) is 0 Å². The van der Waals surface area contributed by atoms with Crippen LogP contribution in [0, 0.1) is 0 Å². The number of rotatable bonds is 6. The minimum Gasteiger partial charge on any atom is -0.497 e. The van der Waals surface area contributed by atoms with Gasteiger partial charge in [-0.25, -0.2) is 0 Å². The molecule has 1 aromatic carbocycles. The van der Waals surface area contributed by atoms with Crippen LogP contribution in [0.3, 0.4) is 0 Å². The predicted octanol–water partition coefficient (Wildman–Crippen LogP) is 2.09. The maximum atomic E-state index is 10.2. The molecular weight excluding hydrogens is 244 g/mol. The standard InChI is InChI=1S/C15H22O4/c1-10(2)18-6-7-19-14-8-11-4-5-12(17-3)9-13(11)15(14)16/h4-5,9-10,14-16H,6-8H2,1-3H3. The van der Waals surface area contributed by atoms with Crippen molar-refractivity contribution in [3.05, 3.63) is 29.3 Å². The van der Waals surface area contributed by atoms with Crippen molar-refractivity contribution in [2.45, 2.75) is 38.6 Å². The van der Waals surface area contributed by atoms with Crippen LogP contribution in [0.25, 0.3) is 0 Å². The average molecular weight is 266 g/mol. The Balaban J connectivity index is 1.89. The third-order valence-electron chi connectivity index (χ3n) is 3.31. The van der Waals surface area contributed by atoms with Crippen LogP contribution in [0.4, 0.5) is 0 Å². The van der Waals surface area contributed by atoms with Crippen LogP contribution in [-0.2, 0) is 15.9 Å². The minimum absolute atomic E-state index is 0.183. The van der Waals surface area contributed by atoms with Gasteiger partial charge in [0, 0.05) is 6.42 Å². The lowest BCUT2D eigenvalue weighted by molar-refractivity contribution is -0.0558. The molecule has 2 atom stereocenters. The molecule has 2 unspecified atom stereocenters. The molecule has 0 spiro atoms. The Morgan fingerprint density at radius 3 is 2.79 bits per heavy atom. The summed E-state index contributed by atoms with van der Waals surface area (Å²) in [6, 6.07) is 5.79. The number of aliphatic hydroxyl groups excluding tert-OH is 1. The molecule has 4 heteroatoms. The van der Waals surface area contributed by atoms with Gasteiger partial charge in [0.25, 0.3) is 0 Å². The van der Waals surface area contributed by atoms with E-state index in [1.807, 2.05) is 32.0 Å². The summed E-state index contributed by atoms with van der Waals surface area (Å²) in [6.07, 6.45) is 0.183. The number of methoxy groups -OCH3 is 1. The van der Waals surface area contributed by atoms with Crippen LogP contribution in [0.5, 0.6) is 5.75 Å². The highest BCUT2D eigenvalue weighted by Gasteiger charge is 2.31. The highest BCUT2D eigenvalue weighted by atomic mass is 16.5. The van der Waals surface area contributed by atoms with Gasteiger partial charge in [-0.3, -0.25) is 0 Å². The van der Waals surface area contributed by atoms with Crippen LogP contribution < -0.4 is 4.74 Å². The maximum absolute atomic E-state index is 10.2. The highest BCUT2D eigenvalue weighted by molar-refractivity contribution is 5.41. The van der Waals surface area contributed by atoms with Crippen LogP contribution in [-0.4, -0.2) is 37.6 Å². The van der Waals surface area contributed by atoms with E-state index in [1.165, 1.54) is 0 Å². The molecule has 1 aliphatic carbocycles. The van der Waals surface area contributed by atoms with Crippen molar-refractivity contribution >= 4 is 0 Å². The topological polar surface area (TPSA) is 47.9 Å². The summed E-state index contributed by atoms with van der Waals surface area (Å²) in [4.78, 5) is 0. The van der Waals surface area contributed by atoms with Crippen molar-refractivity contribution in [2.75, 3.05) is 20.3 Å². The van der Waals surface area contributed by atoms with Gasteiger partial charge in [-0.1, -0.05) is 6.07 Å². The molecule has 0 radical (unpaired) electrons. The van der Waals surface area contributed by atoms with E-state index < -0.39 is 6.10 Å². The van der Waals surface area contributed by atoms with E-state index in [4.69, 9.17) is 14.2 Å². The third kappa shape index (κ3) is 3.47. The normalized spacial score (nSPS) is 21.7. The van der Waals surface area contributed by atoms with E-state index in [0.717, 1.165) is 23.3 Å². The first kappa shape index (κ1) is 14.3. The first-order valence-corrected chi connectivity index (χ1v) is 6.70.